The van der Waals surface area contributed by atoms with Gasteiger partial charge < -0.3 is 5.32 Å². The largest absolute Gasteiger partial charge is 0.391 e. The van der Waals surface area contributed by atoms with Crippen LogP contribution in [-0.4, -0.2) is 18.3 Å². The molecule has 3 atom stereocenters. The van der Waals surface area contributed by atoms with E-state index in [0.29, 0.717) is 18.9 Å². The summed E-state index contributed by atoms with van der Waals surface area (Å²) in [5.74, 6) is -1.09. The van der Waals surface area contributed by atoms with Crippen molar-refractivity contribution in [3.63, 3.8) is 0 Å². The lowest BCUT2D eigenvalue weighted by molar-refractivity contribution is -0.183. The molecule has 1 saturated carbocycles. The number of hydrogen-bond donors (Lipinski definition) is 1. The number of nitrogens with one attached hydrogen (secondary N) is 1. The summed E-state index contributed by atoms with van der Waals surface area (Å²) >= 11 is 0. The summed E-state index contributed by atoms with van der Waals surface area (Å²) in [6.45, 7) is 4.21. The van der Waals surface area contributed by atoms with Crippen LogP contribution in [0.25, 0.3) is 0 Å². The normalized spacial score (nSPS) is 28.1. The van der Waals surface area contributed by atoms with Gasteiger partial charge in [0.1, 0.15) is 0 Å². The van der Waals surface area contributed by atoms with Gasteiger partial charge in [0, 0.05) is 12.1 Å². The second-order valence-corrected chi connectivity index (χ2v) is 5.16. The van der Waals surface area contributed by atoms with Crippen LogP contribution in [0.1, 0.15) is 58.8 Å². The zero-order valence-electron chi connectivity index (χ0n) is 10.8. The minimum Gasteiger partial charge on any atom is -0.311 e. The molecule has 3 unspecified atom stereocenters. The molecule has 0 amide bonds. The van der Waals surface area contributed by atoms with Crippen LogP contribution >= 0.6 is 0 Å². The maximum Gasteiger partial charge on any atom is 0.391 e. The molecule has 17 heavy (non-hydrogen) atoms. The first-order valence-corrected chi connectivity index (χ1v) is 6.80. The van der Waals surface area contributed by atoms with Crippen LogP contribution in [0.2, 0.25) is 0 Å². The van der Waals surface area contributed by atoms with Gasteiger partial charge in [-0.15, -0.1) is 0 Å². The molecule has 102 valence electrons. The first-order valence-electron chi connectivity index (χ1n) is 6.80. The second-order valence-electron chi connectivity index (χ2n) is 5.16. The Bertz CT molecular complexity index is 215. The molecule has 0 bridgehead atoms. The van der Waals surface area contributed by atoms with E-state index in [1.807, 2.05) is 0 Å². The third-order valence-electron chi connectivity index (χ3n) is 3.74. The summed E-state index contributed by atoms with van der Waals surface area (Å²) in [5.41, 5.74) is 0. The van der Waals surface area contributed by atoms with Crippen molar-refractivity contribution < 1.29 is 13.2 Å². The molecular formula is C13H24F3N. The number of alkyl halides is 3. The topological polar surface area (TPSA) is 12.0 Å². The van der Waals surface area contributed by atoms with Crippen molar-refractivity contribution in [3.05, 3.63) is 0 Å². The predicted molar refractivity (Wildman–Crippen MR) is 63.9 cm³/mol. The summed E-state index contributed by atoms with van der Waals surface area (Å²) < 4.78 is 38.0. The highest BCUT2D eigenvalue weighted by Gasteiger charge is 2.42. The minimum atomic E-state index is -4.01. The van der Waals surface area contributed by atoms with Gasteiger partial charge >= 0.3 is 6.18 Å². The highest BCUT2D eigenvalue weighted by molar-refractivity contribution is 4.83. The number of hydrogen-bond acceptors (Lipinski definition) is 1. The molecule has 0 radical (unpaired) electrons. The molecule has 0 heterocycles. The number of rotatable bonds is 5. The molecule has 1 N–H and O–H groups in total. The van der Waals surface area contributed by atoms with E-state index in [2.05, 4.69) is 19.2 Å². The Hall–Kier alpha value is -0.250. The Kier molecular flexibility index (Phi) is 5.77. The Morgan fingerprint density at radius 1 is 1.24 bits per heavy atom. The van der Waals surface area contributed by atoms with Crippen LogP contribution in [-0.2, 0) is 0 Å². The minimum absolute atomic E-state index is 0.0619. The van der Waals surface area contributed by atoms with Gasteiger partial charge in [-0.3, -0.25) is 0 Å². The van der Waals surface area contributed by atoms with Crippen molar-refractivity contribution in [1.82, 2.24) is 5.32 Å². The fraction of sp³-hybridized carbons (Fsp3) is 1.00. The zero-order valence-corrected chi connectivity index (χ0v) is 10.8. The van der Waals surface area contributed by atoms with Crippen LogP contribution in [0.15, 0.2) is 0 Å². The lowest BCUT2D eigenvalue weighted by Gasteiger charge is -2.33. The van der Waals surface area contributed by atoms with Crippen molar-refractivity contribution in [2.45, 2.75) is 77.1 Å². The zero-order chi connectivity index (χ0) is 12.9. The van der Waals surface area contributed by atoms with Crippen molar-refractivity contribution in [1.29, 1.82) is 0 Å². The lowest BCUT2D eigenvalue weighted by Crippen LogP contribution is -2.43. The standard InChI is InChI=1S/C13H24F3N/c1-3-6-11(4-2)17-12-8-5-7-10(9-12)13(14,15)16/h10-12,17H,3-9H2,1-2H3. The van der Waals surface area contributed by atoms with Gasteiger partial charge in [-0.1, -0.05) is 26.7 Å². The van der Waals surface area contributed by atoms with Crippen LogP contribution in [0.4, 0.5) is 13.2 Å². The quantitative estimate of drug-likeness (QED) is 0.769. The van der Waals surface area contributed by atoms with Crippen LogP contribution < -0.4 is 5.32 Å². The Labute approximate surface area is 102 Å². The van der Waals surface area contributed by atoms with Crippen molar-refractivity contribution in [2.24, 2.45) is 5.92 Å². The molecule has 1 nitrogen and oxygen atoms in total. The summed E-state index contributed by atoms with van der Waals surface area (Å²) in [7, 11) is 0. The van der Waals surface area contributed by atoms with Crippen LogP contribution in [0.5, 0.6) is 0 Å². The van der Waals surface area contributed by atoms with Crippen molar-refractivity contribution >= 4 is 0 Å². The average Bonchev–Trinajstić information content (AvgIpc) is 2.28. The molecule has 1 aliphatic carbocycles. The van der Waals surface area contributed by atoms with Gasteiger partial charge in [0.25, 0.3) is 0 Å². The van der Waals surface area contributed by atoms with E-state index in [1.165, 1.54) is 0 Å². The maximum absolute atomic E-state index is 12.7. The van der Waals surface area contributed by atoms with Gasteiger partial charge in [-0.05, 0) is 32.1 Å². The molecule has 0 aromatic heterocycles. The summed E-state index contributed by atoms with van der Waals surface area (Å²) in [4.78, 5) is 0. The SMILES string of the molecule is CCCC(CC)NC1CCCC(C(F)(F)F)C1. The fourth-order valence-corrected chi connectivity index (χ4v) is 2.73. The van der Waals surface area contributed by atoms with Crippen molar-refractivity contribution in [3.8, 4) is 0 Å². The molecule has 0 aromatic carbocycles. The molecule has 1 fully saturated rings. The Morgan fingerprint density at radius 3 is 2.47 bits per heavy atom. The van der Waals surface area contributed by atoms with E-state index in [9.17, 15) is 13.2 Å². The summed E-state index contributed by atoms with van der Waals surface area (Å²) in [6.07, 6.45) is 1.31. The van der Waals surface area contributed by atoms with E-state index in [-0.39, 0.29) is 12.5 Å². The predicted octanol–water partition coefficient (Wildman–Crippen LogP) is 4.28. The maximum atomic E-state index is 12.7. The lowest BCUT2D eigenvalue weighted by atomic mass is 9.84. The molecule has 0 saturated heterocycles. The molecule has 0 spiro atoms. The first-order chi connectivity index (χ1) is 7.97. The molecule has 0 aromatic rings. The van der Waals surface area contributed by atoms with E-state index >= 15 is 0 Å². The average molecular weight is 251 g/mol. The van der Waals surface area contributed by atoms with E-state index in [4.69, 9.17) is 0 Å². The van der Waals surface area contributed by atoms with E-state index in [0.717, 1.165) is 25.7 Å². The van der Waals surface area contributed by atoms with Crippen LogP contribution in [0.3, 0.4) is 0 Å². The fourth-order valence-electron chi connectivity index (χ4n) is 2.73. The Balaban J connectivity index is 2.43. The highest BCUT2D eigenvalue weighted by Crippen LogP contribution is 2.37. The Morgan fingerprint density at radius 2 is 1.94 bits per heavy atom. The van der Waals surface area contributed by atoms with Gasteiger partial charge in [-0.2, -0.15) is 13.2 Å². The van der Waals surface area contributed by atoms with Crippen molar-refractivity contribution in [2.75, 3.05) is 0 Å². The highest BCUT2D eigenvalue weighted by atomic mass is 19.4. The van der Waals surface area contributed by atoms with Gasteiger partial charge in [0.15, 0.2) is 0 Å². The first kappa shape index (κ1) is 14.8. The third-order valence-corrected chi connectivity index (χ3v) is 3.74. The van der Waals surface area contributed by atoms with E-state index in [1.54, 1.807) is 0 Å². The van der Waals surface area contributed by atoms with Crippen LogP contribution in [0, 0.1) is 5.92 Å². The molecular weight excluding hydrogens is 227 g/mol. The molecule has 4 heteroatoms. The van der Waals surface area contributed by atoms with Gasteiger partial charge in [0.2, 0.25) is 0 Å². The molecule has 1 rings (SSSR count). The van der Waals surface area contributed by atoms with Gasteiger partial charge in [0.05, 0.1) is 5.92 Å². The van der Waals surface area contributed by atoms with Gasteiger partial charge in [-0.25, -0.2) is 0 Å². The summed E-state index contributed by atoms with van der Waals surface area (Å²) in [5, 5.41) is 3.41. The summed E-state index contributed by atoms with van der Waals surface area (Å²) in [6, 6.07) is 0.448. The second kappa shape index (κ2) is 6.62. The third kappa shape index (κ3) is 4.86. The molecule has 1 aliphatic rings. The molecule has 0 aliphatic heterocycles. The van der Waals surface area contributed by atoms with E-state index < -0.39 is 12.1 Å². The monoisotopic (exact) mass is 251 g/mol. The smallest absolute Gasteiger partial charge is 0.311 e. The number of halogens is 3.